The first-order valence-electron chi connectivity index (χ1n) is 9.43. The number of amides is 1. The van der Waals surface area contributed by atoms with E-state index in [0.29, 0.717) is 32.4 Å². The number of nitrogens with zero attached hydrogens (tertiary/aromatic N) is 1. The minimum atomic E-state index is -1.25. The third kappa shape index (κ3) is 3.45. The highest BCUT2D eigenvalue weighted by Gasteiger charge is 2.57. The highest BCUT2D eigenvalue weighted by Crippen LogP contribution is 2.40. The molecule has 0 saturated carbocycles. The van der Waals surface area contributed by atoms with Crippen LogP contribution in [0.15, 0.2) is 30.3 Å². The summed E-state index contributed by atoms with van der Waals surface area (Å²) < 4.78 is -0.319. The van der Waals surface area contributed by atoms with E-state index in [4.69, 9.17) is 0 Å². The van der Waals surface area contributed by atoms with E-state index in [-0.39, 0.29) is 10.4 Å². The minimum absolute atomic E-state index is 0.319. The van der Waals surface area contributed by atoms with Gasteiger partial charge in [0.2, 0.25) is 0 Å². The summed E-state index contributed by atoms with van der Waals surface area (Å²) in [4.78, 5) is 38.3. The van der Waals surface area contributed by atoms with Crippen LogP contribution < -0.4 is 5.11 Å². The molecule has 1 fully saturated rings. The number of carbonyl (C=O) groups is 3. The molecule has 142 valence electrons. The van der Waals surface area contributed by atoms with Crippen LogP contribution in [0, 0.1) is 5.41 Å². The van der Waals surface area contributed by atoms with Gasteiger partial charge >= 0.3 is 5.91 Å². The van der Waals surface area contributed by atoms with Crippen LogP contribution in [-0.4, -0.2) is 41.3 Å². The molecule has 1 aromatic carbocycles. The lowest BCUT2D eigenvalue weighted by Crippen LogP contribution is -2.65. The summed E-state index contributed by atoms with van der Waals surface area (Å²) in [6.45, 7) is 7.96. The van der Waals surface area contributed by atoms with Gasteiger partial charge in [-0.3, -0.25) is 4.79 Å². The molecule has 3 atom stereocenters. The van der Waals surface area contributed by atoms with Crippen molar-refractivity contribution in [2.45, 2.75) is 58.9 Å². The van der Waals surface area contributed by atoms with Crippen molar-refractivity contribution in [3.05, 3.63) is 35.9 Å². The minimum Gasteiger partial charge on any atom is -0.544 e. The second kappa shape index (κ2) is 7.70. The van der Waals surface area contributed by atoms with E-state index in [0.717, 1.165) is 5.56 Å². The second-order valence-electron chi connectivity index (χ2n) is 7.92. The SMILES string of the molecule is CCC[N+]1(C(=O)C(=O)C(C)(C)CC)CCC(c2ccccc2)C1C(=O)[O-]. The van der Waals surface area contributed by atoms with Crippen LogP contribution in [0.1, 0.15) is 58.4 Å². The summed E-state index contributed by atoms with van der Waals surface area (Å²) in [5.41, 5.74) is 0.0880. The van der Waals surface area contributed by atoms with Gasteiger partial charge in [-0.1, -0.05) is 58.0 Å². The fraction of sp³-hybridized carbons (Fsp3) is 0.571. The molecule has 1 aliphatic rings. The van der Waals surface area contributed by atoms with E-state index in [1.165, 1.54) is 0 Å². The summed E-state index contributed by atoms with van der Waals surface area (Å²) in [7, 11) is 0. The van der Waals surface area contributed by atoms with Gasteiger partial charge in [0.15, 0.2) is 0 Å². The lowest BCUT2D eigenvalue weighted by molar-refractivity contribution is -0.858. The van der Waals surface area contributed by atoms with Gasteiger partial charge in [-0.2, -0.15) is 0 Å². The molecule has 1 amide bonds. The molecule has 26 heavy (non-hydrogen) atoms. The molecule has 2 rings (SSSR count). The van der Waals surface area contributed by atoms with Crippen molar-refractivity contribution in [2.24, 2.45) is 5.41 Å². The standard InChI is InChI=1S/C21H29NO4/c1-5-13-22(19(24)18(23)21(3,4)6-2)14-12-16(17(22)20(25)26)15-10-8-7-9-11-15/h7-11,16-17H,5-6,12-14H2,1-4H3. The Morgan fingerprint density at radius 3 is 2.27 bits per heavy atom. The van der Waals surface area contributed by atoms with Crippen molar-refractivity contribution >= 4 is 17.7 Å². The number of carbonyl (C=O) groups excluding carboxylic acids is 3. The predicted molar refractivity (Wildman–Crippen MR) is 97.0 cm³/mol. The molecular formula is C21H29NO4. The molecule has 3 unspecified atom stereocenters. The molecule has 5 nitrogen and oxygen atoms in total. The van der Waals surface area contributed by atoms with Crippen LogP contribution in [0.25, 0.3) is 0 Å². The normalized spacial score (nSPS) is 25.8. The molecule has 1 saturated heterocycles. The summed E-state index contributed by atoms with van der Waals surface area (Å²) in [6, 6.07) is 8.34. The van der Waals surface area contributed by atoms with Crippen molar-refractivity contribution in [2.75, 3.05) is 13.1 Å². The molecule has 1 aromatic rings. The van der Waals surface area contributed by atoms with E-state index in [1.54, 1.807) is 13.8 Å². The van der Waals surface area contributed by atoms with Crippen LogP contribution in [0.5, 0.6) is 0 Å². The monoisotopic (exact) mass is 359 g/mol. The topological polar surface area (TPSA) is 74.3 Å². The van der Waals surface area contributed by atoms with Crippen LogP contribution >= 0.6 is 0 Å². The quantitative estimate of drug-likeness (QED) is 0.552. The molecule has 0 spiro atoms. The fourth-order valence-electron chi connectivity index (χ4n) is 4.06. The number of likely N-dealkylation sites (tertiary alicyclic amines) is 1. The Labute approximate surface area is 155 Å². The first-order chi connectivity index (χ1) is 12.2. The molecule has 1 heterocycles. The third-order valence-corrected chi connectivity index (χ3v) is 5.94. The maximum absolute atomic E-state index is 13.3. The van der Waals surface area contributed by atoms with Crippen LogP contribution in [0.3, 0.4) is 0 Å². The Hall–Kier alpha value is -2.01. The van der Waals surface area contributed by atoms with Crippen LogP contribution in [0.4, 0.5) is 0 Å². The average molecular weight is 359 g/mol. The summed E-state index contributed by atoms with van der Waals surface area (Å²) >= 11 is 0. The molecule has 0 aromatic heterocycles. The summed E-state index contributed by atoms with van der Waals surface area (Å²) in [6.07, 6.45) is 1.70. The Morgan fingerprint density at radius 1 is 1.15 bits per heavy atom. The number of hydrogen-bond acceptors (Lipinski definition) is 4. The van der Waals surface area contributed by atoms with Crippen LogP contribution in [0.2, 0.25) is 0 Å². The first kappa shape index (κ1) is 20.3. The zero-order valence-corrected chi connectivity index (χ0v) is 16.2. The number of hydrogen-bond donors (Lipinski definition) is 0. The van der Waals surface area contributed by atoms with Crippen molar-refractivity contribution in [3.63, 3.8) is 0 Å². The van der Waals surface area contributed by atoms with E-state index in [9.17, 15) is 19.5 Å². The number of carboxylic acids is 1. The van der Waals surface area contributed by atoms with E-state index in [2.05, 4.69) is 0 Å². The Balaban J connectivity index is 2.50. The number of rotatable bonds is 7. The number of aliphatic carboxylic acids is 1. The lowest BCUT2D eigenvalue weighted by atomic mass is 9.83. The lowest BCUT2D eigenvalue weighted by Gasteiger charge is -2.40. The van der Waals surface area contributed by atoms with E-state index < -0.39 is 29.1 Å². The molecular weight excluding hydrogens is 330 g/mol. The number of Topliss-reactive ketones (excluding diaryl/α,β-unsaturated/α-hetero) is 1. The molecule has 0 aliphatic carbocycles. The number of carboxylic acid groups (broad SMARTS) is 1. The van der Waals surface area contributed by atoms with E-state index >= 15 is 0 Å². The van der Waals surface area contributed by atoms with Gasteiger partial charge in [0.1, 0.15) is 12.0 Å². The van der Waals surface area contributed by atoms with Crippen molar-refractivity contribution in [1.29, 1.82) is 0 Å². The van der Waals surface area contributed by atoms with Gasteiger partial charge in [-0.15, -0.1) is 0 Å². The maximum atomic E-state index is 13.3. The average Bonchev–Trinajstić information content (AvgIpc) is 3.02. The van der Waals surface area contributed by atoms with Gasteiger partial charge in [-0.05, 0) is 18.4 Å². The van der Waals surface area contributed by atoms with Gasteiger partial charge < -0.3 is 9.90 Å². The van der Waals surface area contributed by atoms with Crippen molar-refractivity contribution < 1.29 is 24.0 Å². The van der Waals surface area contributed by atoms with Gasteiger partial charge in [0, 0.05) is 17.8 Å². The third-order valence-electron chi connectivity index (χ3n) is 5.94. The zero-order valence-electron chi connectivity index (χ0n) is 16.2. The summed E-state index contributed by atoms with van der Waals surface area (Å²) in [5.74, 6) is -2.63. The number of quaternary nitrogens is 1. The zero-order chi connectivity index (χ0) is 19.5. The van der Waals surface area contributed by atoms with Crippen molar-refractivity contribution in [3.8, 4) is 0 Å². The highest BCUT2D eigenvalue weighted by atomic mass is 16.4. The Bertz CT molecular complexity index is 683. The molecule has 0 bridgehead atoms. The van der Waals surface area contributed by atoms with Gasteiger partial charge in [-0.25, -0.2) is 9.28 Å². The maximum Gasteiger partial charge on any atom is 0.382 e. The van der Waals surface area contributed by atoms with Gasteiger partial charge in [0.05, 0.1) is 13.1 Å². The molecule has 0 radical (unpaired) electrons. The molecule has 1 aliphatic heterocycles. The molecule has 5 heteroatoms. The highest BCUT2D eigenvalue weighted by molar-refractivity contribution is 6.35. The Morgan fingerprint density at radius 2 is 1.77 bits per heavy atom. The molecule has 0 N–H and O–H groups in total. The fourth-order valence-corrected chi connectivity index (χ4v) is 4.06. The predicted octanol–water partition coefficient (Wildman–Crippen LogP) is 2.05. The number of ketones is 1. The first-order valence-corrected chi connectivity index (χ1v) is 9.43. The summed E-state index contributed by atoms with van der Waals surface area (Å²) in [5, 5.41) is 12.1. The van der Waals surface area contributed by atoms with E-state index in [1.807, 2.05) is 44.2 Å². The van der Waals surface area contributed by atoms with Crippen molar-refractivity contribution in [1.82, 2.24) is 0 Å². The van der Waals surface area contributed by atoms with Crippen LogP contribution in [-0.2, 0) is 14.4 Å². The smallest absolute Gasteiger partial charge is 0.382 e. The number of benzene rings is 1. The Kier molecular flexibility index (Phi) is 6.02. The second-order valence-corrected chi connectivity index (χ2v) is 7.92. The van der Waals surface area contributed by atoms with Gasteiger partial charge in [0.25, 0.3) is 5.78 Å². The largest absolute Gasteiger partial charge is 0.544 e.